The Morgan fingerprint density at radius 3 is 2.79 bits per heavy atom. The highest BCUT2D eigenvalue weighted by Crippen LogP contribution is 2.24. The lowest BCUT2D eigenvalue weighted by Crippen LogP contribution is -2.32. The van der Waals surface area contributed by atoms with E-state index in [0.717, 1.165) is 36.0 Å². The van der Waals surface area contributed by atoms with Gasteiger partial charge in [-0.05, 0) is 62.1 Å². The molecule has 1 saturated heterocycles. The number of rotatable bonds is 5. The first-order valence-corrected chi connectivity index (χ1v) is 9.74. The van der Waals surface area contributed by atoms with Gasteiger partial charge in [-0.15, -0.1) is 0 Å². The second-order valence-electron chi connectivity index (χ2n) is 7.34. The van der Waals surface area contributed by atoms with Gasteiger partial charge in [0.2, 0.25) is 0 Å². The quantitative estimate of drug-likeness (QED) is 0.689. The molecular weight excluding hydrogens is 350 g/mol. The number of aryl methyl sites for hydroxylation is 2. The van der Waals surface area contributed by atoms with Crippen molar-refractivity contribution in [2.24, 2.45) is 0 Å². The van der Waals surface area contributed by atoms with E-state index in [1.165, 1.54) is 11.1 Å². The van der Waals surface area contributed by atoms with Gasteiger partial charge >= 0.3 is 0 Å². The lowest BCUT2D eigenvalue weighted by Gasteiger charge is -2.14. The Morgan fingerprint density at radius 2 is 2.00 bits per heavy atom. The summed E-state index contributed by atoms with van der Waals surface area (Å²) in [5.41, 5.74) is 4.82. The topological polar surface area (TPSA) is 63.2 Å². The van der Waals surface area contributed by atoms with Gasteiger partial charge in [0.05, 0.1) is 17.2 Å². The van der Waals surface area contributed by atoms with Crippen molar-refractivity contribution >= 4 is 28.3 Å². The summed E-state index contributed by atoms with van der Waals surface area (Å²) < 4.78 is 5.61. The number of hydrogen-bond acceptors (Lipinski definition) is 4. The molecule has 5 nitrogen and oxygen atoms in total. The number of nitrogens with zero attached hydrogens (tertiary/aromatic N) is 1. The summed E-state index contributed by atoms with van der Waals surface area (Å²) in [6, 6.07) is 15.7. The van der Waals surface area contributed by atoms with Crippen LogP contribution in [0.1, 0.15) is 34.3 Å². The molecule has 0 saturated carbocycles. The minimum atomic E-state index is -0.0998. The van der Waals surface area contributed by atoms with Gasteiger partial charge in [0.25, 0.3) is 5.91 Å². The third-order valence-corrected chi connectivity index (χ3v) is 5.25. The Balaban J connectivity index is 1.62. The molecule has 1 aliphatic heterocycles. The van der Waals surface area contributed by atoms with Crippen LogP contribution in [0.2, 0.25) is 0 Å². The molecule has 3 aromatic rings. The van der Waals surface area contributed by atoms with Crippen LogP contribution in [0.25, 0.3) is 10.9 Å². The third kappa shape index (κ3) is 3.99. The molecule has 0 unspecified atom stereocenters. The Hall–Kier alpha value is -2.92. The van der Waals surface area contributed by atoms with E-state index >= 15 is 0 Å². The lowest BCUT2D eigenvalue weighted by atomic mass is 10.1. The molecule has 4 rings (SSSR count). The van der Waals surface area contributed by atoms with E-state index in [0.29, 0.717) is 17.9 Å². The van der Waals surface area contributed by atoms with Gasteiger partial charge in [-0.2, -0.15) is 0 Å². The number of fused-ring (bicyclic) bond motifs is 1. The van der Waals surface area contributed by atoms with Crippen LogP contribution >= 0.6 is 0 Å². The van der Waals surface area contributed by atoms with Gasteiger partial charge in [0, 0.05) is 24.2 Å². The number of aromatic nitrogens is 1. The maximum atomic E-state index is 12.9. The standard InChI is InChI=1S/C23H25N3O2/c1-15-9-10-17(12-16(15)2)25-22-13-20(19-7-3-4-8-21(19)26-22)23(27)24-14-18-6-5-11-28-18/h3-4,7-10,12-13,18H,5-6,11,14H2,1-2H3,(H,24,27)(H,25,26)/t18-/m0/s1. The molecule has 144 valence electrons. The first-order chi connectivity index (χ1) is 13.6. The van der Waals surface area contributed by atoms with Crippen molar-refractivity contribution in [3.8, 4) is 0 Å². The van der Waals surface area contributed by atoms with Gasteiger partial charge in [-0.1, -0.05) is 24.3 Å². The molecular formula is C23H25N3O2. The molecule has 0 aliphatic carbocycles. The summed E-state index contributed by atoms with van der Waals surface area (Å²) in [6.07, 6.45) is 2.17. The van der Waals surface area contributed by atoms with Gasteiger partial charge in [-0.25, -0.2) is 4.98 Å². The first kappa shape index (κ1) is 18.4. The zero-order valence-corrected chi connectivity index (χ0v) is 16.3. The molecule has 1 fully saturated rings. The highest BCUT2D eigenvalue weighted by atomic mass is 16.5. The molecule has 2 heterocycles. The number of ether oxygens (including phenoxy) is 1. The fourth-order valence-electron chi connectivity index (χ4n) is 3.50. The SMILES string of the molecule is Cc1ccc(Nc2cc(C(=O)NC[C@@H]3CCCO3)c3ccccc3n2)cc1C. The largest absolute Gasteiger partial charge is 0.376 e. The van der Waals surface area contributed by atoms with E-state index in [1.54, 1.807) is 0 Å². The summed E-state index contributed by atoms with van der Waals surface area (Å²) >= 11 is 0. The Labute approximate surface area is 165 Å². The van der Waals surface area contributed by atoms with Crippen molar-refractivity contribution < 1.29 is 9.53 Å². The molecule has 1 aromatic heterocycles. The molecule has 28 heavy (non-hydrogen) atoms. The number of carbonyl (C=O) groups is 1. The van der Waals surface area contributed by atoms with Gasteiger partial charge in [-0.3, -0.25) is 4.79 Å². The van der Waals surface area contributed by atoms with E-state index in [4.69, 9.17) is 4.74 Å². The van der Waals surface area contributed by atoms with Crippen LogP contribution in [0.5, 0.6) is 0 Å². The van der Waals surface area contributed by atoms with Crippen molar-refractivity contribution in [1.29, 1.82) is 0 Å². The zero-order valence-electron chi connectivity index (χ0n) is 16.3. The molecule has 0 bridgehead atoms. The maximum Gasteiger partial charge on any atom is 0.252 e. The number of amides is 1. The Morgan fingerprint density at radius 1 is 1.14 bits per heavy atom. The predicted octanol–water partition coefficient (Wildman–Crippen LogP) is 4.50. The zero-order chi connectivity index (χ0) is 19.5. The molecule has 5 heteroatoms. The highest BCUT2D eigenvalue weighted by molar-refractivity contribution is 6.07. The van der Waals surface area contributed by atoms with Gasteiger partial charge in [0.15, 0.2) is 0 Å². The second-order valence-corrected chi connectivity index (χ2v) is 7.34. The van der Waals surface area contributed by atoms with Gasteiger partial charge < -0.3 is 15.4 Å². The van der Waals surface area contributed by atoms with Crippen LogP contribution < -0.4 is 10.6 Å². The number of hydrogen-bond donors (Lipinski definition) is 2. The van der Waals surface area contributed by atoms with E-state index in [9.17, 15) is 4.79 Å². The van der Waals surface area contributed by atoms with Crippen molar-refractivity contribution in [3.05, 3.63) is 65.2 Å². The minimum absolute atomic E-state index is 0.0998. The average molecular weight is 375 g/mol. The average Bonchev–Trinajstić information content (AvgIpc) is 3.22. The molecule has 0 spiro atoms. The molecule has 2 N–H and O–H groups in total. The van der Waals surface area contributed by atoms with Crippen LogP contribution in [0.4, 0.5) is 11.5 Å². The number of para-hydroxylation sites is 1. The normalized spacial score (nSPS) is 16.3. The van der Waals surface area contributed by atoms with E-state index in [1.807, 2.05) is 36.4 Å². The van der Waals surface area contributed by atoms with E-state index in [2.05, 4.69) is 41.6 Å². The fourth-order valence-corrected chi connectivity index (χ4v) is 3.50. The highest BCUT2D eigenvalue weighted by Gasteiger charge is 2.18. The van der Waals surface area contributed by atoms with Crippen LogP contribution in [0.3, 0.4) is 0 Å². The summed E-state index contributed by atoms with van der Waals surface area (Å²) in [4.78, 5) is 17.6. The van der Waals surface area contributed by atoms with Crippen LogP contribution in [0.15, 0.2) is 48.5 Å². The summed E-state index contributed by atoms with van der Waals surface area (Å²) in [6.45, 7) is 5.49. The minimum Gasteiger partial charge on any atom is -0.376 e. The monoisotopic (exact) mass is 375 g/mol. The summed E-state index contributed by atoms with van der Waals surface area (Å²) in [5, 5.41) is 7.21. The molecule has 1 amide bonds. The number of benzene rings is 2. The number of anilines is 2. The predicted molar refractivity (Wildman–Crippen MR) is 112 cm³/mol. The molecule has 1 aliphatic rings. The number of carbonyl (C=O) groups excluding carboxylic acids is 1. The molecule has 0 radical (unpaired) electrons. The summed E-state index contributed by atoms with van der Waals surface area (Å²) in [7, 11) is 0. The molecule has 1 atom stereocenters. The van der Waals surface area contributed by atoms with Gasteiger partial charge in [0.1, 0.15) is 5.82 Å². The second kappa shape index (κ2) is 7.98. The summed E-state index contributed by atoms with van der Waals surface area (Å²) in [5.74, 6) is 0.557. The molecule has 2 aromatic carbocycles. The van der Waals surface area contributed by atoms with E-state index in [-0.39, 0.29) is 12.0 Å². The van der Waals surface area contributed by atoms with Crippen molar-refractivity contribution in [2.45, 2.75) is 32.8 Å². The van der Waals surface area contributed by atoms with Crippen molar-refractivity contribution in [1.82, 2.24) is 10.3 Å². The fraction of sp³-hybridized carbons (Fsp3) is 0.304. The Bertz CT molecular complexity index is 1010. The smallest absolute Gasteiger partial charge is 0.252 e. The van der Waals surface area contributed by atoms with Crippen LogP contribution in [-0.4, -0.2) is 30.1 Å². The van der Waals surface area contributed by atoms with Crippen LogP contribution in [0, 0.1) is 13.8 Å². The third-order valence-electron chi connectivity index (χ3n) is 5.25. The van der Waals surface area contributed by atoms with E-state index < -0.39 is 0 Å². The number of pyridine rings is 1. The first-order valence-electron chi connectivity index (χ1n) is 9.74. The Kier molecular flexibility index (Phi) is 5.26. The maximum absolute atomic E-state index is 12.9. The van der Waals surface area contributed by atoms with Crippen molar-refractivity contribution in [3.63, 3.8) is 0 Å². The van der Waals surface area contributed by atoms with Crippen molar-refractivity contribution in [2.75, 3.05) is 18.5 Å². The lowest BCUT2D eigenvalue weighted by molar-refractivity contribution is 0.0859. The number of nitrogens with one attached hydrogen (secondary N) is 2. The van der Waals surface area contributed by atoms with Crippen LogP contribution in [-0.2, 0) is 4.74 Å².